The van der Waals surface area contributed by atoms with E-state index >= 15 is 0 Å². The van der Waals surface area contributed by atoms with E-state index in [9.17, 15) is 19.2 Å². The standard InChI is InChI=1S/C26H24O8/c1-13(27)7-9-31-15-3-5-17-19(11-15)33-25(29)23-21(17)22-18-6-4-16(32-10-8-14(2)28)12-20(18)34-26(30)24(22)23/h3-6,11-12,21-24H,7-10H2,1-2H3. The van der Waals surface area contributed by atoms with Gasteiger partial charge in [0, 0.05) is 36.8 Å². The topological polar surface area (TPSA) is 105 Å². The number of Topliss-reactive ketones (excluding diaryl/α,β-unsaturated/α-hetero) is 2. The Morgan fingerprint density at radius 2 is 1.12 bits per heavy atom. The maximum absolute atomic E-state index is 12.8. The SMILES string of the molecule is CC(=O)CCOc1ccc2c(c1)OC(=O)C1C3C(=O)Oc4cc(OCCC(C)=O)ccc4C3C21. The van der Waals surface area contributed by atoms with Crippen LogP contribution in [-0.4, -0.2) is 36.7 Å². The van der Waals surface area contributed by atoms with Gasteiger partial charge in [0.05, 0.1) is 25.0 Å². The molecule has 4 atom stereocenters. The van der Waals surface area contributed by atoms with E-state index in [1.165, 1.54) is 13.8 Å². The summed E-state index contributed by atoms with van der Waals surface area (Å²) in [7, 11) is 0. The summed E-state index contributed by atoms with van der Waals surface area (Å²) in [6.07, 6.45) is 0.593. The number of esters is 2. The largest absolute Gasteiger partial charge is 0.493 e. The molecule has 2 aliphatic heterocycles. The molecule has 8 heteroatoms. The monoisotopic (exact) mass is 464 g/mol. The number of ketones is 2. The fourth-order valence-electron chi connectivity index (χ4n) is 5.02. The van der Waals surface area contributed by atoms with E-state index in [4.69, 9.17) is 18.9 Å². The van der Waals surface area contributed by atoms with Crippen LogP contribution in [0.2, 0.25) is 0 Å². The molecule has 2 heterocycles. The number of benzene rings is 2. The predicted molar refractivity (Wildman–Crippen MR) is 118 cm³/mol. The van der Waals surface area contributed by atoms with Crippen LogP contribution in [0, 0.1) is 11.8 Å². The molecule has 176 valence electrons. The Kier molecular flexibility index (Phi) is 5.59. The molecule has 2 aromatic rings. The van der Waals surface area contributed by atoms with Crippen LogP contribution in [0.1, 0.15) is 49.7 Å². The van der Waals surface area contributed by atoms with Crippen molar-refractivity contribution in [2.75, 3.05) is 13.2 Å². The lowest BCUT2D eigenvalue weighted by atomic mass is 9.51. The van der Waals surface area contributed by atoms with Gasteiger partial charge in [-0.05, 0) is 37.1 Å². The Labute approximate surface area is 196 Å². The minimum absolute atomic E-state index is 0.0306. The first-order valence-electron chi connectivity index (χ1n) is 11.3. The fraction of sp³-hybridized carbons (Fsp3) is 0.385. The quantitative estimate of drug-likeness (QED) is 0.433. The van der Waals surface area contributed by atoms with Crippen LogP contribution < -0.4 is 18.9 Å². The Morgan fingerprint density at radius 1 is 0.706 bits per heavy atom. The minimum Gasteiger partial charge on any atom is -0.493 e. The van der Waals surface area contributed by atoms with E-state index in [1.807, 2.05) is 12.1 Å². The van der Waals surface area contributed by atoms with Gasteiger partial charge in [0.25, 0.3) is 0 Å². The molecular formula is C26H24O8. The number of hydrogen-bond acceptors (Lipinski definition) is 8. The Balaban J connectivity index is 1.41. The molecule has 34 heavy (non-hydrogen) atoms. The Bertz CT molecular complexity index is 1110. The summed E-state index contributed by atoms with van der Waals surface area (Å²) in [6, 6.07) is 10.6. The number of rotatable bonds is 8. The average molecular weight is 464 g/mol. The predicted octanol–water partition coefficient (Wildman–Crippen LogP) is 3.35. The lowest BCUT2D eigenvalue weighted by molar-refractivity contribution is -0.165. The van der Waals surface area contributed by atoms with Crippen molar-refractivity contribution < 1.29 is 38.1 Å². The van der Waals surface area contributed by atoms with Crippen LogP contribution >= 0.6 is 0 Å². The summed E-state index contributed by atoms with van der Waals surface area (Å²) < 4.78 is 22.4. The zero-order valence-electron chi connectivity index (χ0n) is 18.9. The Hall–Kier alpha value is -3.68. The molecule has 0 N–H and O–H groups in total. The molecule has 0 bridgehead atoms. The van der Waals surface area contributed by atoms with Gasteiger partial charge in [-0.25, -0.2) is 0 Å². The van der Waals surface area contributed by atoms with Gasteiger partial charge in [0.2, 0.25) is 0 Å². The third-order valence-corrected chi connectivity index (χ3v) is 6.65. The first-order valence-corrected chi connectivity index (χ1v) is 11.3. The molecule has 0 spiro atoms. The molecular weight excluding hydrogens is 440 g/mol. The number of carbonyl (C=O) groups excluding carboxylic acids is 4. The van der Waals surface area contributed by atoms with E-state index in [-0.39, 0.29) is 36.6 Å². The highest BCUT2D eigenvalue weighted by molar-refractivity contribution is 5.92. The number of ether oxygens (including phenoxy) is 4. The van der Waals surface area contributed by atoms with Crippen molar-refractivity contribution in [3.63, 3.8) is 0 Å². The summed E-state index contributed by atoms with van der Waals surface area (Å²) in [5, 5.41) is 0. The zero-order chi connectivity index (χ0) is 24.0. The molecule has 0 aromatic heterocycles. The number of fused-ring (bicyclic) bond motifs is 8. The second kappa shape index (κ2) is 8.59. The molecule has 2 aromatic carbocycles. The van der Waals surface area contributed by atoms with Crippen molar-refractivity contribution in [1.82, 2.24) is 0 Å². The molecule has 1 aliphatic carbocycles. The second-order valence-electron chi connectivity index (χ2n) is 8.95. The summed E-state index contributed by atoms with van der Waals surface area (Å²) in [5.74, 6) is -0.643. The van der Waals surface area contributed by atoms with Crippen LogP contribution in [-0.2, 0) is 19.2 Å². The van der Waals surface area contributed by atoms with Crippen LogP contribution in [0.4, 0.5) is 0 Å². The summed E-state index contributed by atoms with van der Waals surface area (Å²) in [6.45, 7) is 3.49. The van der Waals surface area contributed by atoms with Crippen LogP contribution in [0.15, 0.2) is 36.4 Å². The van der Waals surface area contributed by atoms with Crippen molar-refractivity contribution in [2.24, 2.45) is 11.8 Å². The first kappa shape index (κ1) is 22.1. The van der Waals surface area contributed by atoms with Crippen molar-refractivity contribution >= 4 is 23.5 Å². The van der Waals surface area contributed by atoms with Gasteiger partial charge in [-0.3, -0.25) is 19.2 Å². The highest BCUT2D eigenvalue weighted by atomic mass is 16.5. The highest BCUT2D eigenvalue weighted by Gasteiger charge is 2.64. The normalized spacial score (nSPS) is 23.7. The van der Waals surface area contributed by atoms with E-state index < -0.39 is 23.8 Å². The molecule has 0 radical (unpaired) electrons. The third-order valence-electron chi connectivity index (χ3n) is 6.65. The van der Waals surface area contributed by atoms with E-state index in [0.29, 0.717) is 35.8 Å². The molecule has 8 nitrogen and oxygen atoms in total. The van der Waals surface area contributed by atoms with Gasteiger partial charge in [0.1, 0.15) is 34.6 Å². The highest BCUT2D eigenvalue weighted by Crippen LogP contribution is 2.65. The molecule has 3 aliphatic rings. The summed E-state index contributed by atoms with van der Waals surface area (Å²) in [4.78, 5) is 47.9. The first-order chi connectivity index (χ1) is 16.3. The lowest BCUT2D eigenvalue weighted by Gasteiger charge is -2.53. The van der Waals surface area contributed by atoms with Gasteiger partial charge in [-0.15, -0.1) is 0 Å². The maximum atomic E-state index is 12.8. The van der Waals surface area contributed by atoms with Crippen molar-refractivity contribution in [2.45, 2.75) is 38.5 Å². The second-order valence-corrected chi connectivity index (χ2v) is 8.95. The van der Waals surface area contributed by atoms with Crippen LogP contribution in [0.25, 0.3) is 0 Å². The van der Waals surface area contributed by atoms with E-state index in [2.05, 4.69) is 0 Å². The molecule has 5 rings (SSSR count). The van der Waals surface area contributed by atoms with Gasteiger partial charge >= 0.3 is 11.9 Å². The smallest absolute Gasteiger partial charge is 0.315 e. The van der Waals surface area contributed by atoms with Crippen molar-refractivity contribution in [3.8, 4) is 23.0 Å². The third kappa shape index (κ3) is 3.83. The van der Waals surface area contributed by atoms with E-state index in [1.54, 1.807) is 24.3 Å². The van der Waals surface area contributed by atoms with Gasteiger partial charge < -0.3 is 18.9 Å². The maximum Gasteiger partial charge on any atom is 0.315 e. The summed E-state index contributed by atoms with van der Waals surface area (Å²) >= 11 is 0. The van der Waals surface area contributed by atoms with Crippen molar-refractivity contribution in [1.29, 1.82) is 0 Å². The molecule has 0 amide bonds. The zero-order valence-corrected chi connectivity index (χ0v) is 18.9. The summed E-state index contributed by atoms with van der Waals surface area (Å²) in [5.41, 5.74) is 1.68. The van der Waals surface area contributed by atoms with Crippen LogP contribution in [0.5, 0.6) is 23.0 Å². The van der Waals surface area contributed by atoms with Crippen molar-refractivity contribution in [3.05, 3.63) is 47.5 Å². The molecule has 4 unspecified atom stereocenters. The average Bonchev–Trinajstić information content (AvgIpc) is 2.74. The number of hydrogen-bond donors (Lipinski definition) is 0. The van der Waals surface area contributed by atoms with Gasteiger partial charge in [-0.1, -0.05) is 12.1 Å². The number of carbonyl (C=O) groups is 4. The van der Waals surface area contributed by atoms with Gasteiger partial charge in [-0.2, -0.15) is 0 Å². The minimum atomic E-state index is -0.603. The van der Waals surface area contributed by atoms with Crippen LogP contribution in [0.3, 0.4) is 0 Å². The molecule has 0 saturated heterocycles. The lowest BCUT2D eigenvalue weighted by Crippen LogP contribution is -2.57. The fourth-order valence-corrected chi connectivity index (χ4v) is 5.02. The molecule has 1 saturated carbocycles. The Morgan fingerprint density at radius 3 is 1.50 bits per heavy atom. The molecule has 1 fully saturated rings. The van der Waals surface area contributed by atoms with Gasteiger partial charge in [0.15, 0.2) is 0 Å². The van der Waals surface area contributed by atoms with E-state index in [0.717, 1.165) is 11.1 Å².